The van der Waals surface area contributed by atoms with Crippen LogP contribution in [0.1, 0.15) is 25.8 Å². The van der Waals surface area contributed by atoms with E-state index in [9.17, 15) is 4.79 Å². The largest absolute Gasteiger partial charge is 0.369 e. The Morgan fingerprint density at radius 1 is 1.24 bits per heavy atom. The molecule has 1 aromatic carbocycles. The number of benzene rings is 1. The van der Waals surface area contributed by atoms with Crippen molar-refractivity contribution in [2.45, 2.75) is 33.2 Å². The number of aryl methyl sites for hydroxylation is 1. The molecule has 25 heavy (non-hydrogen) atoms. The lowest BCUT2D eigenvalue weighted by atomic mass is 10.1. The second-order valence-electron chi connectivity index (χ2n) is 6.75. The predicted molar refractivity (Wildman–Crippen MR) is 106 cm³/mol. The number of anilines is 1. The standard InChI is InChI=1S/C21H31N3O/c1-4-5-6-10-21(25)22-19(3)11-12-23-13-15-24(16-14-23)20-9-7-8-18(2)17-20/h4-10,17,19H,11-16H2,1-3H3,(H,22,25)/b5-4+,10-6+/t19-/m0/s1. The number of hydrogen-bond acceptors (Lipinski definition) is 3. The Labute approximate surface area is 152 Å². The number of nitrogens with one attached hydrogen (secondary N) is 1. The molecule has 0 spiro atoms. The minimum Gasteiger partial charge on any atom is -0.369 e. The van der Waals surface area contributed by atoms with Gasteiger partial charge in [0.05, 0.1) is 0 Å². The van der Waals surface area contributed by atoms with Crippen molar-refractivity contribution < 1.29 is 4.79 Å². The molecule has 1 fully saturated rings. The van der Waals surface area contributed by atoms with E-state index in [1.165, 1.54) is 11.3 Å². The number of allylic oxidation sites excluding steroid dienone is 3. The van der Waals surface area contributed by atoms with E-state index in [0.717, 1.165) is 39.1 Å². The molecule has 0 radical (unpaired) electrons. The summed E-state index contributed by atoms with van der Waals surface area (Å²) in [5, 5.41) is 3.02. The smallest absolute Gasteiger partial charge is 0.244 e. The molecule has 1 N–H and O–H groups in total. The lowest BCUT2D eigenvalue weighted by Gasteiger charge is -2.36. The zero-order valence-corrected chi connectivity index (χ0v) is 15.7. The summed E-state index contributed by atoms with van der Waals surface area (Å²) in [4.78, 5) is 16.7. The van der Waals surface area contributed by atoms with Gasteiger partial charge >= 0.3 is 0 Å². The van der Waals surface area contributed by atoms with Crippen LogP contribution >= 0.6 is 0 Å². The number of rotatable bonds is 7. The third kappa shape index (κ3) is 6.75. The summed E-state index contributed by atoms with van der Waals surface area (Å²) in [6.45, 7) is 11.5. The molecule has 1 aromatic rings. The predicted octanol–water partition coefficient (Wildman–Crippen LogP) is 3.14. The number of piperazine rings is 1. The summed E-state index contributed by atoms with van der Waals surface area (Å²) in [6, 6.07) is 8.92. The van der Waals surface area contributed by atoms with Crippen LogP contribution in [0.2, 0.25) is 0 Å². The third-order valence-electron chi connectivity index (χ3n) is 4.56. The summed E-state index contributed by atoms with van der Waals surface area (Å²) < 4.78 is 0. The molecule has 0 aliphatic carbocycles. The number of hydrogen-bond donors (Lipinski definition) is 1. The number of amides is 1. The van der Waals surface area contributed by atoms with Gasteiger partial charge in [0, 0.05) is 50.5 Å². The maximum absolute atomic E-state index is 11.8. The fourth-order valence-corrected chi connectivity index (χ4v) is 3.05. The van der Waals surface area contributed by atoms with Crippen LogP contribution < -0.4 is 10.2 Å². The minimum absolute atomic E-state index is 0.0186. The van der Waals surface area contributed by atoms with Gasteiger partial charge in [0.15, 0.2) is 0 Å². The molecule has 1 aliphatic rings. The molecule has 1 saturated heterocycles. The molecule has 4 heteroatoms. The van der Waals surface area contributed by atoms with Crippen molar-refractivity contribution >= 4 is 11.6 Å². The van der Waals surface area contributed by atoms with Gasteiger partial charge < -0.3 is 10.2 Å². The van der Waals surface area contributed by atoms with Gasteiger partial charge in [-0.15, -0.1) is 0 Å². The van der Waals surface area contributed by atoms with Gasteiger partial charge in [-0.3, -0.25) is 9.69 Å². The molecule has 2 rings (SSSR count). The van der Waals surface area contributed by atoms with Crippen molar-refractivity contribution in [1.29, 1.82) is 0 Å². The SMILES string of the molecule is C/C=C/C=C/C(=O)N[C@@H](C)CCN1CCN(c2cccc(C)c2)CC1. The van der Waals surface area contributed by atoms with Gasteiger partial charge in [-0.1, -0.05) is 30.4 Å². The summed E-state index contributed by atoms with van der Waals surface area (Å²) in [5.74, 6) is -0.0186. The normalized spacial score (nSPS) is 17.3. The molecule has 0 aromatic heterocycles. The van der Waals surface area contributed by atoms with Crippen molar-refractivity contribution in [1.82, 2.24) is 10.2 Å². The van der Waals surface area contributed by atoms with Crippen LogP contribution in [-0.2, 0) is 4.79 Å². The molecular weight excluding hydrogens is 310 g/mol. The fourth-order valence-electron chi connectivity index (χ4n) is 3.05. The molecule has 0 saturated carbocycles. The summed E-state index contributed by atoms with van der Waals surface area (Å²) >= 11 is 0. The first kappa shape index (κ1) is 19.3. The van der Waals surface area contributed by atoms with Crippen molar-refractivity contribution in [3.63, 3.8) is 0 Å². The van der Waals surface area contributed by atoms with Crippen molar-refractivity contribution in [3.8, 4) is 0 Å². The highest BCUT2D eigenvalue weighted by molar-refractivity contribution is 5.87. The Kier molecular flexibility index (Phi) is 7.74. The monoisotopic (exact) mass is 341 g/mol. The highest BCUT2D eigenvalue weighted by Gasteiger charge is 2.17. The van der Waals surface area contributed by atoms with E-state index >= 15 is 0 Å². The lowest BCUT2D eigenvalue weighted by molar-refractivity contribution is -0.117. The van der Waals surface area contributed by atoms with Crippen LogP contribution in [0.25, 0.3) is 0 Å². The highest BCUT2D eigenvalue weighted by Crippen LogP contribution is 2.17. The van der Waals surface area contributed by atoms with Gasteiger partial charge in [0.2, 0.25) is 5.91 Å². The van der Waals surface area contributed by atoms with Crippen molar-refractivity contribution in [2.24, 2.45) is 0 Å². The molecule has 0 bridgehead atoms. The summed E-state index contributed by atoms with van der Waals surface area (Å²) in [7, 11) is 0. The van der Waals surface area contributed by atoms with Crippen molar-refractivity contribution in [3.05, 3.63) is 54.1 Å². The van der Waals surface area contributed by atoms with Crippen LogP contribution in [0.15, 0.2) is 48.6 Å². The van der Waals surface area contributed by atoms with E-state index in [4.69, 9.17) is 0 Å². The Bertz CT molecular complexity index is 601. The fraction of sp³-hybridized carbons (Fsp3) is 0.476. The Hall–Kier alpha value is -2.07. The topological polar surface area (TPSA) is 35.6 Å². The molecule has 1 atom stereocenters. The first-order valence-electron chi connectivity index (χ1n) is 9.22. The first-order chi connectivity index (χ1) is 12.1. The quantitative estimate of drug-likeness (QED) is 0.611. The zero-order valence-electron chi connectivity index (χ0n) is 15.7. The van der Waals surface area contributed by atoms with E-state index in [-0.39, 0.29) is 11.9 Å². The van der Waals surface area contributed by atoms with E-state index in [0.29, 0.717) is 0 Å². The van der Waals surface area contributed by atoms with E-state index in [2.05, 4.69) is 53.2 Å². The van der Waals surface area contributed by atoms with E-state index < -0.39 is 0 Å². The molecule has 1 heterocycles. The second kappa shape index (κ2) is 10.0. The van der Waals surface area contributed by atoms with Crippen LogP contribution in [0.3, 0.4) is 0 Å². The maximum Gasteiger partial charge on any atom is 0.244 e. The average Bonchev–Trinajstić information content (AvgIpc) is 2.60. The highest BCUT2D eigenvalue weighted by atomic mass is 16.1. The zero-order chi connectivity index (χ0) is 18.1. The van der Waals surface area contributed by atoms with Crippen LogP contribution in [-0.4, -0.2) is 49.6 Å². The molecule has 136 valence electrons. The van der Waals surface area contributed by atoms with Gasteiger partial charge in [0.25, 0.3) is 0 Å². The number of carbonyl (C=O) groups is 1. The Balaban J connectivity index is 1.69. The molecule has 1 amide bonds. The summed E-state index contributed by atoms with van der Waals surface area (Å²) in [6.07, 6.45) is 8.10. The van der Waals surface area contributed by atoms with E-state index in [1.807, 2.05) is 19.1 Å². The Morgan fingerprint density at radius 2 is 2.00 bits per heavy atom. The number of nitrogens with zero attached hydrogens (tertiary/aromatic N) is 2. The van der Waals surface area contributed by atoms with Gasteiger partial charge in [-0.05, 0) is 44.9 Å². The van der Waals surface area contributed by atoms with Gasteiger partial charge in [0.1, 0.15) is 0 Å². The maximum atomic E-state index is 11.8. The Morgan fingerprint density at radius 3 is 2.68 bits per heavy atom. The van der Waals surface area contributed by atoms with E-state index in [1.54, 1.807) is 12.2 Å². The molecular formula is C21H31N3O. The second-order valence-corrected chi connectivity index (χ2v) is 6.75. The lowest BCUT2D eigenvalue weighted by Crippen LogP contribution is -2.47. The van der Waals surface area contributed by atoms with Gasteiger partial charge in [-0.25, -0.2) is 0 Å². The van der Waals surface area contributed by atoms with Crippen LogP contribution in [0.4, 0.5) is 5.69 Å². The van der Waals surface area contributed by atoms with Crippen LogP contribution in [0, 0.1) is 6.92 Å². The number of carbonyl (C=O) groups excluding carboxylic acids is 1. The average molecular weight is 341 g/mol. The molecule has 4 nitrogen and oxygen atoms in total. The van der Waals surface area contributed by atoms with Crippen LogP contribution in [0.5, 0.6) is 0 Å². The van der Waals surface area contributed by atoms with Crippen molar-refractivity contribution in [2.75, 3.05) is 37.6 Å². The minimum atomic E-state index is -0.0186. The first-order valence-corrected chi connectivity index (χ1v) is 9.22. The summed E-state index contributed by atoms with van der Waals surface area (Å²) in [5.41, 5.74) is 2.64. The third-order valence-corrected chi connectivity index (χ3v) is 4.56. The molecule has 1 aliphatic heterocycles. The molecule has 0 unspecified atom stereocenters. The van der Waals surface area contributed by atoms with Gasteiger partial charge in [-0.2, -0.15) is 0 Å².